The molecule has 4 heteroatoms. The van der Waals surface area contributed by atoms with Crippen molar-refractivity contribution in [2.24, 2.45) is 0 Å². The number of rotatable bonds is 2. The zero-order chi connectivity index (χ0) is 36.7. The Balaban J connectivity index is 1.03. The van der Waals surface area contributed by atoms with Crippen molar-refractivity contribution < 1.29 is 4.74 Å². The van der Waals surface area contributed by atoms with Gasteiger partial charge in [0.1, 0.15) is 19.6 Å². The Labute approximate surface area is 327 Å². The maximum Gasteiger partial charge on any atom is 0.135 e. The second kappa shape index (κ2) is 11.2. The van der Waals surface area contributed by atoms with Crippen molar-refractivity contribution in [2.45, 2.75) is 71.2 Å². The van der Waals surface area contributed by atoms with Crippen LogP contribution in [-0.4, -0.2) is 8.07 Å². The fraction of sp³-hybridized carbons (Fsp3) is 0.160. The summed E-state index contributed by atoms with van der Waals surface area (Å²) < 4.78 is 7.28. The van der Waals surface area contributed by atoms with Crippen molar-refractivity contribution in [1.29, 1.82) is 0 Å². The summed E-state index contributed by atoms with van der Waals surface area (Å²) in [7, 11) is -2.11. The lowest BCUT2D eigenvalue weighted by molar-refractivity contribution is 0.489. The number of fused-ring (bicyclic) bond motifs is 12. The van der Waals surface area contributed by atoms with E-state index in [2.05, 4.69) is 174 Å². The number of hydrogen-bond acceptors (Lipinski definition) is 3. The molecule has 2 aliphatic carbocycles. The van der Waals surface area contributed by atoms with Gasteiger partial charge in [0, 0.05) is 47.1 Å². The SMILES string of the molecule is CC1(C)c2ccccc2-c2c1ccc1c2Oc2c(-c3cccc(-c4cccc5c4Sc4c(ccc6c4-c4ccccc4C6(C)C)S5)c3)cccc2[Si]1(C)C. The molecule has 1 nitrogen and oxygen atoms in total. The van der Waals surface area contributed by atoms with Gasteiger partial charge in [0.15, 0.2) is 0 Å². The summed E-state index contributed by atoms with van der Waals surface area (Å²) in [6.45, 7) is 14.4. The Kier molecular flexibility index (Phi) is 6.75. The topological polar surface area (TPSA) is 9.23 Å². The molecule has 0 aromatic heterocycles. The third-order valence-electron chi connectivity index (χ3n) is 12.8. The molecule has 0 radical (unpaired) electrons. The zero-order valence-corrected chi connectivity index (χ0v) is 34.1. The number of hydrogen-bond donors (Lipinski definition) is 0. The summed E-state index contributed by atoms with van der Waals surface area (Å²) in [5.41, 5.74) is 15.8. The van der Waals surface area contributed by atoms with Gasteiger partial charge in [0.2, 0.25) is 0 Å². The Hall–Kier alpha value is -4.74. The van der Waals surface area contributed by atoms with Crippen LogP contribution in [0.4, 0.5) is 0 Å². The van der Waals surface area contributed by atoms with Crippen molar-refractivity contribution in [1.82, 2.24) is 0 Å². The average Bonchev–Trinajstić information content (AvgIpc) is 3.57. The lowest BCUT2D eigenvalue weighted by atomic mass is 9.82. The number of para-hydroxylation sites is 1. The standard InChI is InChI=1S/C50H40OS2Si/c1-49(2)35-20-9-7-16-33(35)43-37(49)25-27-42-46(43)51-45-31(18-13-23-41(45)54(42,5)6)29-14-11-15-30(28-29)32-19-12-22-39-47(32)53-48-40(52-39)26-24-38-44(48)34-17-8-10-21-36(34)50(38,3)4/h7-28H,1-6H3. The molecule has 0 saturated heterocycles. The second-order valence-corrected chi connectivity index (χ2v) is 23.3. The van der Waals surface area contributed by atoms with Gasteiger partial charge in [0.25, 0.3) is 0 Å². The maximum atomic E-state index is 7.28. The summed E-state index contributed by atoms with van der Waals surface area (Å²) in [4.78, 5) is 5.40. The molecule has 4 aliphatic rings. The molecule has 0 fully saturated rings. The zero-order valence-electron chi connectivity index (χ0n) is 31.4. The molecule has 2 aliphatic heterocycles. The van der Waals surface area contributed by atoms with E-state index in [0.29, 0.717) is 0 Å². The highest BCUT2D eigenvalue weighted by Crippen LogP contribution is 2.60. The highest BCUT2D eigenvalue weighted by molar-refractivity contribution is 8.05. The molecular weight excluding hydrogens is 709 g/mol. The van der Waals surface area contributed by atoms with Crippen molar-refractivity contribution in [3.8, 4) is 56.0 Å². The van der Waals surface area contributed by atoms with E-state index in [-0.39, 0.29) is 10.8 Å². The summed E-state index contributed by atoms with van der Waals surface area (Å²) in [6.07, 6.45) is 0. The largest absolute Gasteiger partial charge is 0.456 e. The fourth-order valence-electron chi connectivity index (χ4n) is 9.90. The normalized spacial score (nSPS) is 16.8. The van der Waals surface area contributed by atoms with E-state index in [0.717, 1.165) is 17.1 Å². The Morgan fingerprint density at radius 2 is 1.00 bits per heavy atom. The van der Waals surface area contributed by atoms with Gasteiger partial charge in [-0.05, 0) is 78.6 Å². The molecule has 0 saturated carbocycles. The summed E-state index contributed by atoms with van der Waals surface area (Å²) >= 11 is 3.87. The van der Waals surface area contributed by atoms with E-state index < -0.39 is 8.07 Å². The first-order chi connectivity index (χ1) is 26.0. The van der Waals surface area contributed by atoms with Gasteiger partial charge < -0.3 is 4.74 Å². The molecule has 0 spiro atoms. The molecule has 0 amide bonds. The van der Waals surface area contributed by atoms with Crippen molar-refractivity contribution in [2.75, 3.05) is 0 Å². The van der Waals surface area contributed by atoms with Gasteiger partial charge in [-0.15, -0.1) is 0 Å². The van der Waals surface area contributed by atoms with Gasteiger partial charge >= 0.3 is 0 Å². The molecule has 0 atom stereocenters. The summed E-state index contributed by atoms with van der Waals surface area (Å²) in [6, 6.07) is 50.2. The van der Waals surface area contributed by atoms with E-state index >= 15 is 0 Å². The molecule has 2 heterocycles. The van der Waals surface area contributed by atoms with Crippen LogP contribution in [0.25, 0.3) is 44.5 Å². The first kappa shape index (κ1) is 32.7. The van der Waals surface area contributed by atoms with Crippen LogP contribution in [0.1, 0.15) is 49.9 Å². The Morgan fingerprint density at radius 1 is 0.444 bits per heavy atom. The quantitative estimate of drug-likeness (QED) is 0.163. The third-order valence-corrected chi connectivity index (χ3v) is 19.0. The van der Waals surface area contributed by atoms with Crippen LogP contribution < -0.4 is 15.1 Å². The van der Waals surface area contributed by atoms with E-state index in [1.165, 1.54) is 91.2 Å². The van der Waals surface area contributed by atoms with E-state index in [9.17, 15) is 0 Å². The first-order valence-corrected chi connectivity index (χ1v) is 23.6. The Morgan fingerprint density at radius 3 is 1.76 bits per heavy atom. The molecular formula is C50H40OS2Si. The van der Waals surface area contributed by atoms with Crippen LogP contribution in [0.3, 0.4) is 0 Å². The maximum absolute atomic E-state index is 7.28. The number of ether oxygens (including phenoxy) is 1. The first-order valence-electron chi connectivity index (χ1n) is 19.0. The van der Waals surface area contributed by atoms with Crippen molar-refractivity contribution in [3.05, 3.63) is 156 Å². The minimum absolute atomic E-state index is 0.0190. The van der Waals surface area contributed by atoms with Crippen molar-refractivity contribution in [3.63, 3.8) is 0 Å². The van der Waals surface area contributed by atoms with Crippen LogP contribution in [0.5, 0.6) is 11.5 Å². The van der Waals surface area contributed by atoms with E-state index in [1.807, 2.05) is 23.5 Å². The fourth-order valence-corrected chi connectivity index (χ4v) is 15.3. The number of benzene rings is 7. The van der Waals surface area contributed by atoms with Crippen molar-refractivity contribution >= 4 is 42.0 Å². The monoisotopic (exact) mass is 748 g/mol. The molecule has 7 aromatic rings. The second-order valence-electron chi connectivity index (χ2n) is 16.8. The molecule has 7 aromatic carbocycles. The van der Waals surface area contributed by atoms with E-state index in [4.69, 9.17) is 4.74 Å². The predicted octanol–water partition coefficient (Wildman–Crippen LogP) is 13.2. The summed E-state index contributed by atoms with van der Waals surface area (Å²) in [5, 5.41) is 2.75. The highest BCUT2D eigenvalue weighted by atomic mass is 32.2. The smallest absolute Gasteiger partial charge is 0.135 e. The lowest BCUT2D eigenvalue weighted by Gasteiger charge is -2.35. The molecule has 0 unspecified atom stereocenters. The van der Waals surface area contributed by atoms with Crippen LogP contribution >= 0.6 is 23.5 Å². The van der Waals surface area contributed by atoms with Crippen LogP contribution in [0.15, 0.2) is 153 Å². The molecule has 262 valence electrons. The third kappa shape index (κ3) is 4.31. The Bertz CT molecular complexity index is 2790. The van der Waals surface area contributed by atoms with Gasteiger partial charge in [-0.3, -0.25) is 0 Å². The average molecular weight is 749 g/mol. The van der Waals surface area contributed by atoms with Crippen LogP contribution in [0.2, 0.25) is 13.1 Å². The minimum Gasteiger partial charge on any atom is -0.456 e. The molecule has 11 rings (SSSR count). The van der Waals surface area contributed by atoms with Gasteiger partial charge in [-0.25, -0.2) is 0 Å². The molecule has 0 N–H and O–H groups in total. The molecule has 0 bridgehead atoms. The van der Waals surface area contributed by atoms with Crippen LogP contribution in [-0.2, 0) is 10.8 Å². The van der Waals surface area contributed by atoms with Crippen LogP contribution in [0, 0.1) is 0 Å². The van der Waals surface area contributed by atoms with Gasteiger partial charge in [-0.1, -0.05) is 180 Å². The van der Waals surface area contributed by atoms with Gasteiger partial charge in [0.05, 0.1) is 0 Å². The molecule has 54 heavy (non-hydrogen) atoms. The lowest BCUT2D eigenvalue weighted by Crippen LogP contribution is -2.56. The highest BCUT2D eigenvalue weighted by Gasteiger charge is 2.44. The minimum atomic E-state index is -2.11. The van der Waals surface area contributed by atoms with E-state index in [1.54, 1.807) is 0 Å². The van der Waals surface area contributed by atoms with Gasteiger partial charge in [-0.2, -0.15) is 0 Å². The summed E-state index contributed by atoms with van der Waals surface area (Å²) in [5.74, 6) is 2.10. The predicted molar refractivity (Wildman–Crippen MR) is 230 cm³/mol.